The minimum Gasteiger partial charge on any atom is -0.353 e. The third-order valence-electron chi connectivity index (χ3n) is 4.41. The van der Waals surface area contributed by atoms with Gasteiger partial charge in [0, 0.05) is 19.6 Å². The predicted molar refractivity (Wildman–Crippen MR) is 115 cm³/mol. The lowest BCUT2D eigenvalue weighted by atomic mass is 10.2. The number of benzene rings is 2. The van der Waals surface area contributed by atoms with Gasteiger partial charge in [-0.25, -0.2) is 4.39 Å². The number of amides is 3. The highest BCUT2D eigenvalue weighted by Crippen LogP contribution is 2.31. The Hall–Kier alpha value is -2.97. The molecule has 3 amide bonds. The number of carbonyl (C=O) groups excluding carboxylic acids is 3. The lowest BCUT2D eigenvalue weighted by Crippen LogP contribution is -2.40. The molecule has 2 aromatic carbocycles. The zero-order valence-corrected chi connectivity index (χ0v) is 17.3. The number of thioether (sulfide) groups is 1. The van der Waals surface area contributed by atoms with E-state index in [0.717, 1.165) is 22.2 Å². The minimum atomic E-state index is -0.412. The van der Waals surface area contributed by atoms with Crippen molar-refractivity contribution in [3.63, 3.8) is 0 Å². The van der Waals surface area contributed by atoms with Gasteiger partial charge in [-0.15, -0.1) is 0 Å². The molecule has 1 N–H and O–H groups in total. The Bertz CT molecular complexity index is 948. The number of imide groups is 1. The van der Waals surface area contributed by atoms with Crippen molar-refractivity contribution < 1.29 is 18.8 Å². The third-order valence-corrected chi connectivity index (χ3v) is 5.32. The average molecular weight is 428 g/mol. The van der Waals surface area contributed by atoms with Crippen molar-refractivity contribution in [2.75, 3.05) is 26.7 Å². The second kappa shape index (κ2) is 10.2. The molecule has 0 aromatic heterocycles. The minimum absolute atomic E-state index is 0.0968. The first-order valence-corrected chi connectivity index (χ1v) is 10.2. The molecule has 0 radical (unpaired) electrons. The summed E-state index contributed by atoms with van der Waals surface area (Å²) in [4.78, 5) is 40.0. The molecule has 6 nitrogen and oxygen atoms in total. The Labute approximate surface area is 178 Å². The summed E-state index contributed by atoms with van der Waals surface area (Å²) in [5.74, 6) is -0.961. The van der Waals surface area contributed by atoms with E-state index in [1.165, 1.54) is 24.3 Å². The fraction of sp³-hybridized carbons (Fsp3) is 0.227. The van der Waals surface area contributed by atoms with Gasteiger partial charge in [-0.3, -0.25) is 24.2 Å². The van der Waals surface area contributed by atoms with Crippen LogP contribution in [0.15, 0.2) is 59.5 Å². The number of hydrogen-bond donors (Lipinski definition) is 1. The fourth-order valence-corrected chi connectivity index (χ4v) is 3.83. The van der Waals surface area contributed by atoms with E-state index in [0.29, 0.717) is 12.1 Å². The van der Waals surface area contributed by atoms with Gasteiger partial charge in [-0.05, 0) is 48.1 Å². The van der Waals surface area contributed by atoms with Crippen molar-refractivity contribution in [1.29, 1.82) is 0 Å². The monoisotopic (exact) mass is 427 g/mol. The number of nitrogens with zero attached hydrogens (tertiary/aromatic N) is 2. The molecule has 1 fully saturated rings. The molecule has 1 saturated heterocycles. The van der Waals surface area contributed by atoms with Gasteiger partial charge in [0.2, 0.25) is 5.91 Å². The van der Waals surface area contributed by atoms with Crippen LogP contribution >= 0.6 is 11.8 Å². The number of hydrogen-bond acceptors (Lipinski definition) is 5. The van der Waals surface area contributed by atoms with E-state index in [2.05, 4.69) is 5.32 Å². The molecular weight excluding hydrogens is 405 g/mol. The summed E-state index contributed by atoms with van der Waals surface area (Å²) in [6.45, 7) is 1.13. The van der Waals surface area contributed by atoms with E-state index in [1.807, 2.05) is 42.3 Å². The molecule has 1 aliphatic rings. The highest BCUT2D eigenvalue weighted by molar-refractivity contribution is 8.18. The third kappa shape index (κ3) is 6.01. The summed E-state index contributed by atoms with van der Waals surface area (Å²) in [5.41, 5.74) is 1.75. The van der Waals surface area contributed by atoms with E-state index in [1.54, 1.807) is 6.08 Å². The molecule has 0 bridgehead atoms. The Morgan fingerprint density at radius 1 is 1.13 bits per heavy atom. The van der Waals surface area contributed by atoms with Gasteiger partial charge in [0.25, 0.3) is 11.1 Å². The van der Waals surface area contributed by atoms with Crippen molar-refractivity contribution in [3.8, 4) is 0 Å². The Morgan fingerprint density at radius 2 is 1.83 bits per heavy atom. The molecule has 1 heterocycles. The van der Waals surface area contributed by atoms with Gasteiger partial charge < -0.3 is 5.32 Å². The Morgan fingerprint density at radius 3 is 2.53 bits per heavy atom. The highest BCUT2D eigenvalue weighted by Gasteiger charge is 2.34. The number of halogens is 1. The maximum Gasteiger partial charge on any atom is 0.293 e. The summed E-state index contributed by atoms with van der Waals surface area (Å²) in [7, 11) is 1.85. The standard InChI is InChI=1S/C22H22FN3O3S/c1-25(14-17-5-3-2-4-6-17)15-20(27)24-11-12-26-21(28)19(30-22(26)29)13-16-7-9-18(23)10-8-16/h2-10,13H,11-12,14-15H2,1H3,(H,24,27)/b19-13+. The first-order chi connectivity index (χ1) is 14.4. The van der Waals surface area contributed by atoms with Gasteiger partial charge in [0.1, 0.15) is 5.82 Å². The molecule has 1 aliphatic heterocycles. The van der Waals surface area contributed by atoms with E-state index in [4.69, 9.17) is 0 Å². The number of rotatable bonds is 8. The van der Waals surface area contributed by atoms with Gasteiger partial charge in [0.05, 0.1) is 11.4 Å². The van der Waals surface area contributed by atoms with Crippen molar-refractivity contribution in [1.82, 2.24) is 15.1 Å². The molecule has 8 heteroatoms. The van der Waals surface area contributed by atoms with Crippen LogP contribution in [-0.4, -0.2) is 53.5 Å². The second-order valence-corrected chi connectivity index (χ2v) is 7.89. The molecule has 0 atom stereocenters. The largest absolute Gasteiger partial charge is 0.353 e. The highest BCUT2D eigenvalue weighted by atomic mass is 32.2. The Balaban J connectivity index is 1.46. The molecule has 0 spiro atoms. The quantitative estimate of drug-likeness (QED) is 0.656. The molecular formula is C22H22FN3O3S. The Kier molecular flexibility index (Phi) is 7.37. The second-order valence-electron chi connectivity index (χ2n) is 6.89. The van der Waals surface area contributed by atoms with E-state index < -0.39 is 5.91 Å². The van der Waals surface area contributed by atoms with Crippen molar-refractivity contribution in [3.05, 3.63) is 76.4 Å². The van der Waals surface area contributed by atoms with Crippen LogP contribution in [0.1, 0.15) is 11.1 Å². The van der Waals surface area contributed by atoms with Gasteiger partial charge in [-0.1, -0.05) is 42.5 Å². The first kappa shape index (κ1) is 21.7. The fourth-order valence-electron chi connectivity index (χ4n) is 2.96. The van der Waals surface area contributed by atoms with Crippen LogP contribution in [0.4, 0.5) is 9.18 Å². The van der Waals surface area contributed by atoms with Crippen LogP contribution in [0.2, 0.25) is 0 Å². The smallest absolute Gasteiger partial charge is 0.293 e. The van der Waals surface area contributed by atoms with Crippen LogP contribution in [0.5, 0.6) is 0 Å². The normalized spacial score (nSPS) is 15.3. The number of nitrogens with one attached hydrogen (secondary N) is 1. The first-order valence-electron chi connectivity index (χ1n) is 9.42. The van der Waals surface area contributed by atoms with Crippen LogP contribution in [-0.2, 0) is 16.1 Å². The van der Waals surface area contributed by atoms with Crippen molar-refractivity contribution in [2.24, 2.45) is 0 Å². The van der Waals surface area contributed by atoms with Gasteiger partial charge in [0.15, 0.2) is 0 Å². The molecule has 30 heavy (non-hydrogen) atoms. The van der Waals surface area contributed by atoms with Crippen LogP contribution < -0.4 is 5.32 Å². The lowest BCUT2D eigenvalue weighted by molar-refractivity contribution is -0.124. The molecule has 2 aromatic rings. The van der Waals surface area contributed by atoms with Gasteiger partial charge in [-0.2, -0.15) is 0 Å². The van der Waals surface area contributed by atoms with E-state index >= 15 is 0 Å². The summed E-state index contributed by atoms with van der Waals surface area (Å²) >= 11 is 0.835. The van der Waals surface area contributed by atoms with E-state index in [9.17, 15) is 18.8 Å². The van der Waals surface area contributed by atoms with Gasteiger partial charge >= 0.3 is 0 Å². The maximum absolute atomic E-state index is 13.0. The van der Waals surface area contributed by atoms with Crippen molar-refractivity contribution in [2.45, 2.75) is 6.54 Å². The molecule has 3 rings (SSSR count). The lowest BCUT2D eigenvalue weighted by Gasteiger charge is -2.17. The average Bonchev–Trinajstić information content (AvgIpc) is 2.97. The molecule has 0 unspecified atom stereocenters. The molecule has 0 aliphatic carbocycles. The predicted octanol–water partition coefficient (Wildman–Crippen LogP) is 3.11. The molecule has 156 valence electrons. The van der Waals surface area contributed by atoms with Crippen LogP contribution in [0.3, 0.4) is 0 Å². The summed E-state index contributed by atoms with van der Waals surface area (Å²) in [5, 5.41) is 2.36. The zero-order valence-electron chi connectivity index (χ0n) is 16.5. The SMILES string of the molecule is CN(CC(=O)NCCN1C(=O)S/C(=C/c2ccc(F)cc2)C1=O)Cc1ccccc1. The summed E-state index contributed by atoms with van der Waals surface area (Å²) in [6, 6.07) is 15.5. The topological polar surface area (TPSA) is 69.7 Å². The van der Waals surface area contributed by atoms with Crippen LogP contribution in [0.25, 0.3) is 6.08 Å². The zero-order chi connectivity index (χ0) is 21.5. The summed E-state index contributed by atoms with van der Waals surface area (Å²) in [6.07, 6.45) is 1.56. The number of likely N-dealkylation sites (N-methyl/N-ethyl adjacent to an activating group) is 1. The van der Waals surface area contributed by atoms with Crippen molar-refractivity contribution >= 4 is 34.9 Å². The molecule has 0 saturated carbocycles. The van der Waals surface area contributed by atoms with Crippen LogP contribution in [0, 0.1) is 5.82 Å². The summed E-state index contributed by atoms with van der Waals surface area (Å²) < 4.78 is 13.0. The number of carbonyl (C=O) groups is 3. The van der Waals surface area contributed by atoms with E-state index in [-0.39, 0.29) is 41.5 Å². The maximum atomic E-state index is 13.0.